The van der Waals surface area contributed by atoms with Gasteiger partial charge in [-0.1, -0.05) is 29.8 Å². The molecule has 1 N–H and O–H groups in total. The van der Waals surface area contributed by atoms with E-state index in [1.54, 1.807) is 4.90 Å². The standard InChI is InChI=1S/C19H21N3O5S/c1-13-3-5-15(6-4-13)11-20-18(23)14(2)27-19(24)16-7-8-17-21-28(25,26)10-9-22(17)12-16/h3-8,12,14H,9-11H2,1-2H3,(H,20,23). The normalized spacial score (nSPS) is 18.4. The fourth-order valence-corrected chi connectivity index (χ4v) is 3.61. The zero-order valence-electron chi connectivity index (χ0n) is 15.6. The monoisotopic (exact) mass is 403 g/mol. The van der Waals surface area contributed by atoms with Crippen LogP contribution in [0.2, 0.25) is 0 Å². The molecule has 1 atom stereocenters. The summed E-state index contributed by atoms with van der Waals surface area (Å²) in [6, 6.07) is 7.75. The molecular formula is C19H21N3O5S. The van der Waals surface area contributed by atoms with Crippen molar-refractivity contribution in [3.63, 3.8) is 0 Å². The van der Waals surface area contributed by atoms with Crippen LogP contribution in [0.15, 0.2) is 52.6 Å². The van der Waals surface area contributed by atoms with Crippen LogP contribution in [0, 0.1) is 6.92 Å². The summed E-state index contributed by atoms with van der Waals surface area (Å²) in [5.41, 5.74) is 2.30. The molecule has 1 unspecified atom stereocenters. The van der Waals surface area contributed by atoms with Crippen molar-refractivity contribution in [2.24, 2.45) is 4.40 Å². The number of ether oxygens (including phenoxy) is 1. The predicted octanol–water partition coefficient (Wildman–Crippen LogP) is 1.04. The van der Waals surface area contributed by atoms with Gasteiger partial charge >= 0.3 is 5.97 Å². The van der Waals surface area contributed by atoms with Crippen LogP contribution in [0.3, 0.4) is 0 Å². The smallest absolute Gasteiger partial charge is 0.340 e. The Morgan fingerprint density at radius 1 is 1.25 bits per heavy atom. The van der Waals surface area contributed by atoms with Gasteiger partial charge in [-0.25, -0.2) is 13.2 Å². The van der Waals surface area contributed by atoms with Crippen LogP contribution in [-0.2, 0) is 30.9 Å². The Balaban J connectivity index is 1.55. The third-order valence-corrected chi connectivity index (χ3v) is 5.46. The Hall–Kier alpha value is -2.94. The Morgan fingerprint density at radius 3 is 2.68 bits per heavy atom. The van der Waals surface area contributed by atoms with Gasteiger partial charge in [0.25, 0.3) is 15.9 Å². The quantitative estimate of drug-likeness (QED) is 0.737. The van der Waals surface area contributed by atoms with Gasteiger partial charge in [0.1, 0.15) is 5.84 Å². The summed E-state index contributed by atoms with van der Waals surface area (Å²) in [5.74, 6) is -0.935. The molecule has 0 fully saturated rings. The molecule has 2 aliphatic rings. The van der Waals surface area contributed by atoms with Crippen LogP contribution >= 0.6 is 0 Å². The molecule has 9 heteroatoms. The Bertz CT molecular complexity index is 977. The van der Waals surface area contributed by atoms with Gasteiger partial charge in [0.15, 0.2) is 6.10 Å². The van der Waals surface area contributed by atoms with Crippen molar-refractivity contribution in [1.29, 1.82) is 0 Å². The molecule has 1 aromatic rings. The van der Waals surface area contributed by atoms with E-state index >= 15 is 0 Å². The molecule has 0 aliphatic carbocycles. The van der Waals surface area contributed by atoms with Crippen LogP contribution in [0.25, 0.3) is 0 Å². The van der Waals surface area contributed by atoms with Gasteiger partial charge in [-0.3, -0.25) is 4.79 Å². The highest BCUT2D eigenvalue weighted by atomic mass is 32.2. The average molecular weight is 403 g/mol. The van der Waals surface area contributed by atoms with Crippen molar-refractivity contribution in [1.82, 2.24) is 10.2 Å². The van der Waals surface area contributed by atoms with Gasteiger partial charge in [0.2, 0.25) is 0 Å². The molecule has 1 aromatic carbocycles. The largest absolute Gasteiger partial charge is 0.449 e. The molecule has 2 aliphatic heterocycles. The fraction of sp³-hybridized carbons (Fsp3) is 0.316. The van der Waals surface area contributed by atoms with E-state index in [1.807, 2.05) is 31.2 Å². The third-order valence-electron chi connectivity index (χ3n) is 4.30. The highest BCUT2D eigenvalue weighted by Gasteiger charge is 2.26. The molecule has 3 rings (SSSR count). The SMILES string of the molecule is Cc1ccc(CNC(=O)C(C)OC(=O)C2=CN3CCS(=O)(=O)N=C3C=C2)cc1. The average Bonchev–Trinajstić information content (AvgIpc) is 2.66. The number of rotatable bonds is 5. The molecule has 0 radical (unpaired) electrons. The van der Waals surface area contributed by atoms with Gasteiger partial charge in [0, 0.05) is 19.3 Å². The second-order valence-electron chi connectivity index (χ2n) is 6.60. The van der Waals surface area contributed by atoms with Crippen LogP contribution in [0.5, 0.6) is 0 Å². The molecule has 0 saturated heterocycles. The number of amidine groups is 1. The number of nitrogens with zero attached hydrogens (tertiary/aromatic N) is 2. The first-order valence-corrected chi connectivity index (χ1v) is 10.4. The number of fused-ring (bicyclic) bond motifs is 1. The Morgan fingerprint density at radius 2 is 1.96 bits per heavy atom. The summed E-state index contributed by atoms with van der Waals surface area (Å²) < 4.78 is 31.9. The van der Waals surface area contributed by atoms with Crippen molar-refractivity contribution >= 4 is 27.7 Å². The molecule has 0 saturated carbocycles. The molecule has 0 aromatic heterocycles. The number of esters is 1. The van der Waals surface area contributed by atoms with E-state index in [9.17, 15) is 18.0 Å². The van der Waals surface area contributed by atoms with E-state index in [4.69, 9.17) is 4.74 Å². The number of carbonyl (C=O) groups excluding carboxylic acids is 2. The van der Waals surface area contributed by atoms with Crippen molar-refractivity contribution < 1.29 is 22.7 Å². The predicted molar refractivity (Wildman–Crippen MR) is 104 cm³/mol. The first-order chi connectivity index (χ1) is 13.2. The summed E-state index contributed by atoms with van der Waals surface area (Å²) >= 11 is 0. The van der Waals surface area contributed by atoms with Gasteiger partial charge in [-0.15, -0.1) is 4.40 Å². The van der Waals surface area contributed by atoms with E-state index in [-0.39, 0.29) is 23.7 Å². The van der Waals surface area contributed by atoms with Crippen LogP contribution in [0.4, 0.5) is 0 Å². The first kappa shape index (κ1) is 19.8. The van der Waals surface area contributed by atoms with E-state index < -0.39 is 28.0 Å². The fourth-order valence-electron chi connectivity index (χ4n) is 2.64. The van der Waals surface area contributed by atoms with E-state index in [1.165, 1.54) is 25.3 Å². The zero-order chi connectivity index (χ0) is 20.3. The molecule has 1 amide bonds. The topological polar surface area (TPSA) is 105 Å². The second-order valence-corrected chi connectivity index (χ2v) is 8.35. The van der Waals surface area contributed by atoms with Crippen molar-refractivity contribution in [3.05, 3.63) is 59.3 Å². The number of nitrogens with one attached hydrogen (secondary N) is 1. The zero-order valence-corrected chi connectivity index (χ0v) is 16.4. The lowest BCUT2D eigenvalue weighted by molar-refractivity contribution is -0.151. The molecular weight excluding hydrogens is 382 g/mol. The third kappa shape index (κ3) is 4.86. The number of carbonyl (C=O) groups is 2. The molecule has 8 nitrogen and oxygen atoms in total. The van der Waals surface area contributed by atoms with Crippen molar-refractivity contribution in [2.45, 2.75) is 26.5 Å². The minimum absolute atomic E-state index is 0.124. The van der Waals surface area contributed by atoms with Gasteiger partial charge < -0.3 is 15.0 Å². The van der Waals surface area contributed by atoms with Gasteiger partial charge in [0.05, 0.1) is 11.3 Å². The lowest BCUT2D eigenvalue weighted by Crippen LogP contribution is -2.38. The van der Waals surface area contributed by atoms with Gasteiger partial charge in [-0.2, -0.15) is 0 Å². The maximum Gasteiger partial charge on any atom is 0.340 e. The molecule has 0 spiro atoms. The maximum atomic E-state index is 12.3. The molecule has 148 valence electrons. The van der Waals surface area contributed by atoms with E-state index in [2.05, 4.69) is 9.71 Å². The number of hydrogen-bond acceptors (Lipinski definition) is 6. The summed E-state index contributed by atoms with van der Waals surface area (Å²) in [6.45, 7) is 4.02. The minimum Gasteiger partial charge on any atom is -0.449 e. The lowest BCUT2D eigenvalue weighted by Gasteiger charge is -2.27. The Kier molecular flexibility index (Phi) is 5.64. The summed E-state index contributed by atoms with van der Waals surface area (Å²) in [6.07, 6.45) is 3.38. The van der Waals surface area contributed by atoms with Gasteiger partial charge in [-0.05, 0) is 31.6 Å². The molecule has 2 heterocycles. The lowest BCUT2D eigenvalue weighted by atomic mass is 10.1. The number of benzene rings is 1. The number of amides is 1. The van der Waals surface area contributed by atoms with E-state index in [0.29, 0.717) is 6.54 Å². The molecule has 0 bridgehead atoms. The summed E-state index contributed by atoms with van der Waals surface area (Å²) in [7, 11) is -3.46. The maximum absolute atomic E-state index is 12.3. The highest BCUT2D eigenvalue weighted by Crippen LogP contribution is 2.17. The number of aryl methyl sites for hydroxylation is 1. The van der Waals surface area contributed by atoms with Crippen molar-refractivity contribution in [3.8, 4) is 0 Å². The highest BCUT2D eigenvalue weighted by molar-refractivity contribution is 7.90. The summed E-state index contributed by atoms with van der Waals surface area (Å²) in [4.78, 5) is 26.1. The van der Waals surface area contributed by atoms with E-state index in [0.717, 1.165) is 11.1 Å². The first-order valence-electron chi connectivity index (χ1n) is 8.77. The minimum atomic E-state index is -3.46. The number of hydrogen-bond donors (Lipinski definition) is 1. The van der Waals surface area contributed by atoms with Crippen molar-refractivity contribution in [2.75, 3.05) is 12.3 Å². The van der Waals surface area contributed by atoms with Crippen LogP contribution in [-0.4, -0.2) is 49.4 Å². The number of sulfonamides is 1. The second kappa shape index (κ2) is 7.97. The van der Waals surface area contributed by atoms with Crippen LogP contribution in [0.1, 0.15) is 18.1 Å². The summed E-state index contributed by atoms with van der Waals surface area (Å²) in [5, 5.41) is 2.73. The Labute approximate surface area is 163 Å². The molecule has 28 heavy (non-hydrogen) atoms. The van der Waals surface area contributed by atoms with Crippen LogP contribution < -0.4 is 5.32 Å².